The Morgan fingerprint density at radius 1 is 0.943 bits per heavy atom. The van der Waals surface area contributed by atoms with Crippen molar-refractivity contribution in [3.63, 3.8) is 0 Å². The van der Waals surface area contributed by atoms with E-state index in [2.05, 4.69) is 55.7 Å². The third kappa shape index (κ3) is 8.05. The summed E-state index contributed by atoms with van der Waals surface area (Å²) < 4.78 is 42.8. The molecule has 4 nitrogen and oxygen atoms in total. The summed E-state index contributed by atoms with van der Waals surface area (Å²) in [5.74, 6) is 0.547. The fourth-order valence-corrected chi connectivity index (χ4v) is 7.60. The first-order chi connectivity index (χ1) is 24.5. The first-order valence-corrected chi connectivity index (χ1v) is 18.6. The van der Waals surface area contributed by atoms with E-state index in [1.165, 1.54) is 19.9 Å². The maximum Gasteiger partial charge on any atom is 0.394 e. The van der Waals surface area contributed by atoms with Crippen LogP contribution in [-0.4, -0.2) is 26.6 Å². The third-order valence-corrected chi connectivity index (χ3v) is 11.1. The summed E-state index contributed by atoms with van der Waals surface area (Å²) in [6, 6.07) is 23.8. The normalized spacial score (nSPS) is 13.9. The van der Waals surface area contributed by atoms with Gasteiger partial charge < -0.3 is 9.67 Å². The summed E-state index contributed by atoms with van der Waals surface area (Å²) in [7, 11) is 0. The predicted octanol–water partition coefficient (Wildman–Crippen LogP) is 12.7. The third-order valence-electron chi connectivity index (χ3n) is 11.1. The second-order valence-corrected chi connectivity index (χ2v) is 15.3. The molecule has 0 unspecified atom stereocenters. The summed E-state index contributed by atoms with van der Waals surface area (Å²) in [6.07, 6.45) is 2.44. The number of carbonyl (C=O) groups is 1. The minimum Gasteiger partial charge on any atom is -0.512 e. The number of carbonyl (C=O) groups excluding carboxylic acids is 1. The number of aliphatic hydroxyl groups excluding tert-OH is 1. The number of rotatable bonds is 10. The molecule has 0 spiro atoms. The predicted molar refractivity (Wildman–Crippen MR) is 208 cm³/mol. The smallest absolute Gasteiger partial charge is 0.394 e. The van der Waals surface area contributed by atoms with Gasteiger partial charge >= 0.3 is 6.18 Å². The number of aryl methyl sites for hydroxylation is 1. The Bertz CT molecular complexity index is 2100. The van der Waals surface area contributed by atoms with E-state index in [1.807, 2.05) is 70.3 Å². The number of hydrogen-bond donors (Lipinski definition) is 1. The largest absolute Gasteiger partial charge is 0.512 e. The molecule has 1 aliphatic rings. The number of ketones is 1. The van der Waals surface area contributed by atoms with Crippen molar-refractivity contribution in [2.45, 2.75) is 106 Å². The Balaban J connectivity index is 0.000000335. The van der Waals surface area contributed by atoms with Crippen LogP contribution in [0.4, 0.5) is 13.2 Å². The zero-order valence-electron chi connectivity index (χ0n) is 32.3. The van der Waals surface area contributed by atoms with Gasteiger partial charge in [0.2, 0.25) is 0 Å². The van der Waals surface area contributed by atoms with E-state index in [4.69, 9.17) is 4.98 Å². The van der Waals surface area contributed by atoms with Crippen LogP contribution in [-0.2, 0) is 36.9 Å². The van der Waals surface area contributed by atoms with Crippen molar-refractivity contribution in [2.24, 2.45) is 17.3 Å². The van der Waals surface area contributed by atoms with E-state index >= 15 is 0 Å². The van der Waals surface area contributed by atoms with Crippen LogP contribution >= 0.6 is 0 Å². The fourth-order valence-electron chi connectivity index (χ4n) is 7.60. The molecule has 285 valence electrons. The summed E-state index contributed by atoms with van der Waals surface area (Å²) in [6.45, 7) is 17.1. The minimum absolute atomic E-state index is 0. The maximum absolute atomic E-state index is 13.5. The fraction of sp³-hybridized carbons (Fsp3) is 0.422. The number of pyridine rings is 1. The first-order valence-electron chi connectivity index (χ1n) is 18.6. The van der Waals surface area contributed by atoms with Crippen LogP contribution in [0.5, 0.6) is 0 Å². The van der Waals surface area contributed by atoms with Gasteiger partial charge in [0.05, 0.1) is 16.9 Å². The molecule has 0 saturated carbocycles. The molecule has 0 bridgehead atoms. The van der Waals surface area contributed by atoms with Crippen molar-refractivity contribution in [2.75, 3.05) is 0 Å². The zero-order valence-corrected chi connectivity index (χ0v) is 34.7. The van der Waals surface area contributed by atoms with Gasteiger partial charge in [0.25, 0.3) is 0 Å². The van der Waals surface area contributed by atoms with Gasteiger partial charge in [-0.1, -0.05) is 101 Å². The zero-order chi connectivity index (χ0) is 38.2. The SMILES string of the molecule is CCC(CC)C(=O)/C=C(\O)C(CC)CC.Cc1c(-c2ccc(CC(C)(C)C(F)(F)F)cc2)n2c3c(nccc13)-c1[c-]c3ccccc3cc1C2(C)C.[Ir]. The molecule has 0 aliphatic carbocycles. The van der Waals surface area contributed by atoms with Gasteiger partial charge in [0, 0.05) is 61.0 Å². The summed E-state index contributed by atoms with van der Waals surface area (Å²) >= 11 is 0. The second kappa shape index (κ2) is 16.3. The number of hydrogen-bond acceptors (Lipinski definition) is 3. The summed E-state index contributed by atoms with van der Waals surface area (Å²) in [4.78, 5) is 16.5. The van der Waals surface area contributed by atoms with Gasteiger partial charge in [-0.25, -0.2) is 0 Å². The molecular weight excluding hydrogens is 850 g/mol. The Morgan fingerprint density at radius 3 is 2.13 bits per heavy atom. The number of fused-ring (bicyclic) bond motifs is 3. The number of benzene rings is 3. The molecule has 2 aromatic heterocycles. The molecule has 5 aromatic rings. The standard InChI is InChI=1S/C32H28F3N2.C13H24O2.Ir/c1-19-24-14-15-36-27-25-16-22-8-6-7-9-23(22)17-26(25)31(4,5)37(29(24)27)28(19)21-12-10-20(11-13-21)18-30(2,3)32(33,34)35;1-5-10(6-2)12(14)9-13(15)11(7-3)8-4;/h6-15,17H,18H2,1-5H3;9-11,14H,5-8H2,1-4H3;/q-1;;/b;12-9-;. The Hall–Kier alpha value is -3.74. The molecule has 3 heterocycles. The molecule has 0 atom stereocenters. The van der Waals surface area contributed by atoms with E-state index in [0.29, 0.717) is 5.56 Å². The van der Waals surface area contributed by atoms with E-state index < -0.39 is 17.1 Å². The number of alkyl halides is 3. The van der Waals surface area contributed by atoms with Crippen LogP contribution in [0, 0.1) is 30.2 Å². The maximum atomic E-state index is 13.5. The van der Waals surface area contributed by atoms with Crippen molar-refractivity contribution >= 4 is 27.5 Å². The minimum atomic E-state index is -4.26. The topological polar surface area (TPSA) is 55.1 Å². The van der Waals surface area contributed by atoms with Gasteiger partial charge in [-0.3, -0.25) is 9.78 Å². The van der Waals surface area contributed by atoms with Crippen molar-refractivity contribution in [3.8, 4) is 22.5 Å². The molecule has 6 rings (SSSR count). The molecule has 3 aromatic carbocycles. The van der Waals surface area contributed by atoms with Crippen LogP contribution < -0.4 is 0 Å². The van der Waals surface area contributed by atoms with Crippen molar-refractivity contribution < 1.29 is 43.2 Å². The molecule has 53 heavy (non-hydrogen) atoms. The van der Waals surface area contributed by atoms with Gasteiger partial charge in [-0.2, -0.15) is 13.2 Å². The number of aliphatic hydroxyl groups is 1. The van der Waals surface area contributed by atoms with Crippen LogP contribution in [0.25, 0.3) is 44.2 Å². The number of halogens is 3. The van der Waals surface area contributed by atoms with Crippen LogP contribution in [0.1, 0.15) is 97.8 Å². The molecule has 0 saturated heterocycles. The Labute approximate surface area is 326 Å². The first kappa shape index (κ1) is 42.0. The average Bonchev–Trinajstić information content (AvgIpc) is 3.41. The molecule has 8 heteroatoms. The Kier molecular flexibility index (Phi) is 12.9. The van der Waals surface area contributed by atoms with Crippen LogP contribution in [0.3, 0.4) is 0 Å². The van der Waals surface area contributed by atoms with Crippen LogP contribution in [0.15, 0.2) is 78.7 Å². The number of nitrogens with zero attached hydrogens (tertiary/aromatic N) is 2. The molecule has 0 fully saturated rings. The van der Waals surface area contributed by atoms with Crippen molar-refractivity contribution in [1.82, 2.24) is 9.55 Å². The monoisotopic (exact) mass is 902 g/mol. The van der Waals surface area contributed by atoms with E-state index in [9.17, 15) is 23.1 Å². The molecule has 1 aliphatic heterocycles. The molecule has 1 radical (unpaired) electrons. The average molecular weight is 902 g/mol. The van der Waals surface area contributed by atoms with Crippen LogP contribution in [0.2, 0.25) is 0 Å². The van der Waals surface area contributed by atoms with E-state index in [-0.39, 0.29) is 49.9 Å². The van der Waals surface area contributed by atoms with E-state index in [0.717, 1.165) is 81.0 Å². The van der Waals surface area contributed by atoms with Crippen molar-refractivity contribution in [1.29, 1.82) is 0 Å². The molecular formula is C45H52F3IrN2O2-. The molecule has 0 amide bonds. The second-order valence-electron chi connectivity index (χ2n) is 15.3. The van der Waals surface area contributed by atoms with Crippen molar-refractivity contribution in [3.05, 3.63) is 101 Å². The molecule has 1 N–H and O–H groups in total. The quantitative estimate of drug-likeness (QED) is 0.0863. The summed E-state index contributed by atoms with van der Waals surface area (Å²) in [5, 5.41) is 13.1. The van der Waals surface area contributed by atoms with Gasteiger partial charge in [-0.05, 0) is 81.0 Å². The summed E-state index contributed by atoms with van der Waals surface area (Å²) in [5.41, 5.74) is 5.82. The number of allylic oxidation sites excluding steroid dienone is 2. The van der Waals surface area contributed by atoms with Gasteiger partial charge in [-0.15, -0.1) is 23.6 Å². The van der Waals surface area contributed by atoms with E-state index in [1.54, 1.807) is 0 Å². The van der Waals surface area contributed by atoms with Gasteiger partial charge in [0.1, 0.15) is 0 Å². The number of aromatic nitrogens is 2. The van der Waals surface area contributed by atoms with Gasteiger partial charge in [0.15, 0.2) is 5.78 Å². The Morgan fingerprint density at radius 2 is 1.55 bits per heavy atom.